The van der Waals surface area contributed by atoms with Crippen LogP contribution in [0.25, 0.3) is 0 Å². The van der Waals surface area contributed by atoms with Gasteiger partial charge in [0.2, 0.25) is 0 Å². The number of benzene rings is 2. The van der Waals surface area contributed by atoms with Crippen LogP contribution in [-0.4, -0.2) is 21.3 Å². The lowest BCUT2D eigenvalue weighted by Gasteiger charge is -2.07. The summed E-state index contributed by atoms with van der Waals surface area (Å²) in [5.41, 5.74) is 3.69. The standard InChI is InChI=1S/C17H16N4OS/c1-12-3-2-4-15(9-12)19-17(22)14-7-5-13(6-8-14)11-23-16-10-18-21-20-16/h2-10H,11H2,1H3,(H,19,22)(H,18,20,21). The number of amides is 1. The van der Waals surface area contributed by atoms with Crippen LogP contribution in [0.15, 0.2) is 59.8 Å². The Morgan fingerprint density at radius 2 is 2.04 bits per heavy atom. The van der Waals surface area contributed by atoms with Gasteiger partial charge in [-0.3, -0.25) is 4.79 Å². The molecule has 3 aromatic rings. The third kappa shape index (κ3) is 4.20. The van der Waals surface area contributed by atoms with E-state index in [-0.39, 0.29) is 5.91 Å². The normalized spacial score (nSPS) is 10.5. The first kappa shape index (κ1) is 15.3. The summed E-state index contributed by atoms with van der Waals surface area (Å²) in [5, 5.41) is 14.1. The van der Waals surface area contributed by atoms with Crippen LogP contribution in [0.4, 0.5) is 5.69 Å². The Kier molecular flexibility index (Phi) is 4.73. The van der Waals surface area contributed by atoms with Crippen molar-refractivity contribution in [1.82, 2.24) is 15.4 Å². The summed E-state index contributed by atoms with van der Waals surface area (Å²) in [6.07, 6.45) is 1.69. The molecule has 3 rings (SSSR count). The minimum absolute atomic E-state index is 0.105. The SMILES string of the molecule is Cc1cccc(NC(=O)c2ccc(CSc3cn[nH]n3)cc2)c1. The Balaban J connectivity index is 1.61. The third-order valence-electron chi connectivity index (χ3n) is 3.27. The molecule has 23 heavy (non-hydrogen) atoms. The third-order valence-corrected chi connectivity index (χ3v) is 4.24. The molecule has 0 bridgehead atoms. The van der Waals surface area contributed by atoms with E-state index in [0.717, 1.165) is 27.6 Å². The molecule has 0 saturated heterocycles. The number of nitrogens with zero attached hydrogens (tertiary/aromatic N) is 2. The molecule has 116 valence electrons. The van der Waals surface area contributed by atoms with Crippen LogP contribution in [0.5, 0.6) is 0 Å². The van der Waals surface area contributed by atoms with E-state index < -0.39 is 0 Å². The van der Waals surface area contributed by atoms with Gasteiger partial charge in [-0.15, -0.1) is 5.10 Å². The van der Waals surface area contributed by atoms with Crippen LogP contribution in [0.1, 0.15) is 21.5 Å². The minimum atomic E-state index is -0.105. The Labute approximate surface area is 138 Å². The van der Waals surface area contributed by atoms with E-state index >= 15 is 0 Å². The summed E-state index contributed by atoms with van der Waals surface area (Å²) in [6, 6.07) is 15.3. The Morgan fingerprint density at radius 1 is 1.22 bits per heavy atom. The largest absolute Gasteiger partial charge is 0.322 e. The Bertz CT molecular complexity index is 785. The van der Waals surface area contributed by atoms with Crippen molar-refractivity contribution in [3.8, 4) is 0 Å². The first-order valence-corrected chi connectivity index (χ1v) is 8.15. The molecule has 0 fully saturated rings. The second-order valence-electron chi connectivity index (χ2n) is 5.12. The molecular formula is C17H16N4OS. The number of hydrogen-bond acceptors (Lipinski definition) is 4. The number of aryl methyl sites for hydroxylation is 1. The number of hydrogen-bond donors (Lipinski definition) is 2. The number of aromatic nitrogens is 3. The van der Waals surface area contributed by atoms with Crippen molar-refractivity contribution in [1.29, 1.82) is 0 Å². The van der Waals surface area contributed by atoms with Gasteiger partial charge in [-0.25, -0.2) is 0 Å². The van der Waals surface area contributed by atoms with Crippen LogP contribution >= 0.6 is 11.8 Å². The summed E-state index contributed by atoms with van der Waals surface area (Å²) >= 11 is 1.59. The zero-order chi connectivity index (χ0) is 16.1. The van der Waals surface area contributed by atoms with Gasteiger partial charge in [-0.05, 0) is 42.3 Å². The second kappa shape index (κ2) is 7.11. The van der Waals surface area contributed by atoms with E-state index in [1.54, 1.807) is 18.0 Å². The molecule has 1 aromatic heterocycles. The Hall–Kier alpha value is -2.60. The monoisotopic (exact) mass is 324 g/mol. The summed E-state index contributed by atoms with van der Waals surface area (Å²) in [6.45, 7) is 2.00. The van der Waals surface area contributed by atoms with Crippen molar-refractivity contribution in [3.05, 3.63) is 71.4 Å². The van der Waals surface area contributed by atoms with Gasteiger partial charge in [0.1, 0.15) is 5.03 Å². The van der Waals surface area contributed by atoms with Gasteiger partial charge in [0.05, 0.1) is 6.20 Å². The maximum absolute atomic E-state index is 12.2. The molecule has 0 spiro atoms. The van der Waals surface area contributed by atoms with Crippen LogP contribution < -0.4 is 5.32 Å². The molecule has 2 aromatic carbocycles. The number of carbonyl (C=O) groups is 1. The zero-order valence-corrected chi connectivity index (χ0v) is 13.4. The summed E-state index contributed by atoms with van der Waals surface area (Å²) in [5.74, 6) is 0.679. The first-order chi connectivity index (χ1) is 11.2. The highest BCUT2D eigenvalue weighted by Crippen LogP contribution is 2.20. The van der Waals surface area contributed by atoms with E-state index in [1.807, 2.05) is 55.5 Å². The van der Waals surface area contributed by atoms with Gasteiger partial charge in [0, 0.05) is 17.0 Å². The Morgan fingerprint density at radius 3 is 2.74 bits per heavy atom. The van der Waals surface area contributed by atoms with Crippen LogP contribution in [0.3, 0.4) is 0 Å². The lowest BCUT2D eigenvalue weighted by molar-refractivity contribution is 0.102. The highest BCUT2D eigenvalue weighted by Gasteiger charge is 2.06. The lowest BCUT2D eigenvalue weighted by Crippen LogP contribution is -2.11. The van der Waals surface area contributed by atoms with E-state index in [9.17, 15) is 4.79 Å². The fraction of sp³-hybridized carbons (Fsp3) is 0.118. The molecule has 0 aliphatic rings. The number of thioether (sulfide) groups is 1. The maximum Gasteiger partial charge on any atom is 0.255 e. The molecule has 1 heterocycles. The van der Waals surface area contributed by atoms with E-state index in [1.165, 1.54) is 0 Å². The average Bonchev–Trinajstić information content (AvgIpc) is 3.07. The number of carbonyl (C=O) groups excluding carboxylic acids is 1. The molecule has 0 aliphatic carbocycles. The van der Waals surface area contributed by atoms with Crippen LogP contribution in [-0.2, 0) is 5.75 Å². The number of nitrogens with one attached hydrogen (secondary N) is 2. The quantitative estimate of drug-likeness (QED) is 0.703. The second-order valence-corrected chi connectivity index (χ2v) is 6.11. The summed E-state index contributed by atoms with van der Waals surface area (Å²) in [4.78, 5) is 12.2. The maximum atomic E-state index is 12.2. The first-order valence-electron chi connectivity index (χ1n) is 7.16. The molecule has 0 unspecified atom stereocenters. The molecule has 6 heteroatoms. The summed E-state index contributed by atoms with van der Waals surface area (Å²) in [7, 11) is 0. The predicted octanol–water partition coefficient (Wildman–Crippen LogP) is 3.66. The van der Waals surface area contributed by atoms with Crippen molar-refractivity contribution in [2.45, 2.75) is 17.7 Å². The van der Waals surface area contributed by atoms with Gasteiger partial charge in [-0.1, -0.05) is 36.0 Å². The van der Waals surface area contributed by atoms with E-state index in [0.29, 0.717) is 5.56 Å². The summed E-state index contributed by atoms with van der Waals surface area (Å²) < 4.78 is 0. The van der Waals surface area contributed by atoms with E-state index in [4.69, 9.17) is 0 Å². The van der Waals surface area contributed by atoms with Gasteiger partial charge in [0.25, 0.3) is 5.91 Å². The van der Waals surface area contributed by atoms with E-state index in [2.05, 4.69) is 20.7 Å². The molecular weight excluding hydrogens is 308 g/mol. The van der Waals surface area contributed by atoms with Crippen molar-refractivity contribution >= 4 is 23.4 Å². The molecule has 0 radical (unpaired) electrons. The fourth-order valence-corrected chi connectivity index (χ4v) is 2.84. The average molecular weight is 324 g/mol. The number of aromatic amines is 1. The van der Waals surface area contributed by atoms with Gasteiger partial charge >= 0.3 is 0 Å². The van der Waals surface area contributed by atoms with Crippen molar-refractivity contribution in [2.75, 3.05) is 5.32 Å². The molecule has 0 aliphatic heterocycles. The lowest BCUT2D eigenvalue weighted by atomic mass is 10.1. The molecule has 5 nitrogen and oxygen atoms in total. The number of rotatable bonds is 5. The van der Waals surface area contributed by atoms with Crippen molar-refractivity contribution in [3.63, 3.8) is 0 Å². The molecule has 0 atom stereocenters. The zero-order valence-electron chi connectivity index (χ0n) is 12.6. The van der Waals surface area contributed by atoms with Gasteiger partial charge in [-0.2, -0.15) is 10.3 Å². The van der Waals surface area contributed by atoms with Gasteiger partial charge < -0.3 is 5.32 Å². The van der Waals surface area contributed by atoms with Crippen molar-refractivity contribution in [2.24, 2.45) is 0 Å². The van der Waals surface area contributed by atoms with Crippen LogP contribution in [0, 0.1) is 6.92 Å². The topological polar surface area (TPSA) is 70.7 Å². The predicted molar refractivity (Wildman–Crippen MR) is 91.5 cm³/mol. The smallest absolute Gasteiger partial charge is 0.255 e. The molecule has 1 amide bonds. The minimum Gasteiger partial charge on any atom is -0.322 e. The van der Waals surface area contributed by atoms with Crippen LogP contribution in [0.2, 0.25) is 0 Å². The number of H-pyrrole nitrogens is 1. The highest BCUT2D eigenvalue weighted by molar-refractivity contribution is 7.98. The highest BCUT2D eigenvalue weighted by atomic mass is 32.2. The molecule has 0 saturated carbocycles. The van der Waals surface area contributed by atoms with Gasteiger partial charge in [0.15, 0.2) is 0 Å². The molecule has 2 N–H and O–H groups in total. The fourth-order valence-electron chi connectivity index (χ4n) is 2.10. The number of anilines is 1. The van der Waals surface area contributed by atoms with Crippen molar-refractivity contribution < 1.29 is 4.79 Å².